The number of nitrogens with zero attached hydrogens (tertiary/aromatic N) is 5. The highest BCUT2D eigenvalue weighted by Gasteiger charge is 2.47. The van der Waals surface area contributed by atoms with Crippen molar-refractivity contribution in [1.29, 1.82) is 0 Å². The van der Waals surface area contributed by atoms with Crippen LogP contribution < -0.4 is 10.2 Å². The molecule has 0 aliphatic carbocycles. The second kappa shape index (κ2) is 7.11. The lowest BCUT2D eigenvalue weighted by Gasteiger charge is -2.43. The van der Waals surface area contributed by atoms with Crippen LogP contribution in [-0.2, 0) is 4.74 Å². The lowest BCUT2D eigenvalue weighted by molar-refractivity contribution is -0.0708. The molecule has 1 unspecified atom stereocenters. The van der Waals surface area contributed by atoms with E-state index in [-0.39, 0.29) is 0 Å². The van der Waals surface area contributed by atoms with Crippen LogP contribution in [0.25, 0.3) is 5.69 Å². The van der Waals surface area contributed by atoms with Gasteiger partial charge in [-0.05, 0) is 49.2 Å². The third-order valence-corrected chi connectivity index (χ3v) is 6.53. The number of nitrogens with one attached hydrogen (secondary N) is 1. The highest BCUT2D eigenvalue weighted by Crippen LogP contribution is 2.38. The van der Waals surface area contributed by atoms with Gasteiger partial charge in [-0.25, -0.2) is 4.68 Å². The number of piperazine rings is 1. The Labute approximate surface area is 176 Å². The molecule has 3 aliphatic rings. The lowest BCUT2D eigenvalue weighted by Crippen LogP contribution is -2.56. The Kier molecular flexibility index (Phi) is 4.24. The standard InChI is InChI=1S/C23H26N6O/c1-16-7-17(25-23-24-15-29(26-23)18-5-3-2-4-6-18)9-19(8-16)27-11-21-10-20(27)12-28(21)22-13-30-14-22/h2-9,15,20-22H,10-14H2,1H3,(H,25,26)/t20?,21-/m0/s1. The molecule has 2 aromatic carbocycles. The Balaban J connectivity index is 1.19. The Hall–Kier alpha value is -2.90. The predicted octanol–water partition coefficient (Wildman–Crippen LogP) is 2.98. The Morgan fingerprint density at radius 1 is 0.967 bits per heavy atom. The van der Waals surface area contributed by atoms with Crippen molar-refractivity contribution in [2.45, 2.75) is 31.5 Å². The van der Waals surface area contributed by atoms with E-state index in [0.29, 0.717) is 24.1 Å². The molecular weight excluding hydrogens is 376 g/mol. The van der Waals surface area contributed by atoms with Crippen molar-refractivity contribution in [3.63, 3.8) is 0 Å². The summed E-state index contributed by atoms with van der Waals surface area (Å²) in [5.74, 6) is 0.606. The van der Waals surface area contributed by atoms with Gasteiger partial charge in [0.25, 0.3) is 0 Å². The van der Waals surface area contributed by atoms with Gasteiger partial charge in [-0.1, -0.05) is 18.2 Å². The summed E-state index contributed by atoms with van der Waals surface area (Å²) in [6.07, 6.45) is 3.00. The van der Waals surface area contributed by atoms with E-state index in [1.54, 1.807) is 11.0 Å². The van der Waals surface area contributed by atoms with E-state index in [1.165, 1.54) is 17.7 Å². The number of likely N-dealkylation sites (tertiary alicyclic amines) is 1. The van der Waals surface area contributed by atoms with E-state index >= 15 is 0 Å². The summed E-state index contributed by atoms with van der Waals surface area (Å²) in [4.78, 5) is 9.68. The summed E-state index contributed by atoms with van der Waals surface area (Å²) in [5, 5.41) is 7.97. The number of fused-ring (bicyclic) bond motifs is 2. The molecular formula is C23H26N6O. The first-order valence-corrected chi connectivity index (χ1v) is 10.7. The summed E-state index contributed by atoms with van der Waals surface area (Å²) in [7, 11) is 0. The van der Waals surface area contributed by atoms with Gasteiger partial charge in [0.05, 0.1) is 24.9 Å². The summed E-state index contributed by atoms with van der Waals surface area (Å²) in [6.45, 7) is 6.22. The number of anilines is 3. The molecule has 0 saturated carbocycles. The molecule has 1 aromatic heterocycles. The van der Waals surface area contributed by atoms with Crippen molar-refractivity contribution in [3.8, 4) is 5.69 Å². The number of rotatable bonds is 5. The molecule has 6 rings (SSSR count). The number of hydrogen-bond donors (Lipinski definition) is 1. The van der Waals surface area contributed by atoms with E-state index in [4.69, 9.17) is 4.74 Å². The SMILES string of the molecule is Cc1cc(Nc2ncn(-c3ccccc3)n2)cc(N2C[C@@H]3CC2CN3C2COC2)c1. The smallest absolute Gasteiger partial charge is 0.246 e. The first-order chi connectivity index (χ1) is 14.7. The van der Waals surface area contributed by atoms with Gasteiger partial charge >= 0.3 is 0 Å². The quantitative estimate of drug-likeness (QED) is 0.708. The van der Waals surface area contributed by atoms with Crippen LogP contribution in [0.3, 0.4) is 0 Å². The summed E-state index contributed by atoms with van der Waals surface area (Å²) < 4.78 is 7.20. The summed E-state index contributed by atoms with van der Waals surface area (Å²) in [5.41, 5.74) is 4.56. The first kappa shape index (κ1) is 17.9. The number of aryl methyl sites for hydroxylation is 1. The van der Waals surface area contributed by atoms with Crippen LogP contribution in [0.5, 0.6) is 0 Å². The molecule has 3 aromatic rings. The van der Waals surface area contributed by atoms with E-state index in [0.717, 1.165) is 37.7 Å². The number of hydrogen-bond acceptors (Lipinski definition) is 6. The van der Waals surface area contributed by atoms with Crippen LogP contribution in [0.2, 0.25) is 0 Å². The number of aromatic nitrogens is 3. The second-order valence-corrected chi connectivity index (χ2v) is 8.61. The number of ether oxygens (including phenoxy) is 1. The van der Waals surface area contributed by atoms with E-state index in [2.05, 4.69) is 50.3 Å². The minimum absolute atomic E-state index is 0.598. The van der Waals surface area contributed by atoms with Crippen LogP contribution in [0.1, 0.15) is 12.0 Å². The molecule has 3 fully saturated rings. The van der Waals surface area contributed by atoms with Gasteiger partial charge in [-0.3, -0.25) is 4.90 Å². The molecule has 30 heavy (non-hydrogen) atoms. The highest BCUT2D eigenvalue weighted by atomic mass is 16.5. The fourth-order valence-corrected chi connectivity index (χ4v) is 5.03. The fraction of sp³-hybridized carbons (Fsp3) is 0.391. The molecule has 2 atom stereocenters. The molecule has 7 nitrogen and oxygen atoms in total. The zero-order valence-corrected chi connectivity index (χ0v) is 17.1. The molecule has 3 aliphatic heterocycles. The third-order valence-electron chi connectivity index (χ3n) is 6.53. The maximum Gasteiger partial charge on any atom is 0.246 e. The maximum absolute atomic E-state index is 5.41. The van der Waals surface area contributed by atoms with Crippen molar-refractivity contribution in [2.24, 2.45) is 0 Å². The first-order valence-electron chi connectivity index (χ1n) is 10.7. The van der Waals surface area contributed by atoms with Gasteiger partial charge in [-0.15, -0.1) is 5.10 Å². The minimum atomic E-state index is 0.598. The van der Waals surface area contributed by atoms with Gasteiger partial charge in [0, 0.05) is 36.5 Å². The van der Waals surface area contributed by atoms with Gasteiger partial charge in [0.15, 0.2) is 0 Å². The molecule has 1 N–H and O–H groups in total. The van der Waals surface area contributed by atoms with Crippen molar-refractivity contribution < 1.29 is 4.74 Å². The van der Waals surface area contributed by atoms with E-state index in [1.807, 2.05) is 30.3 Å². The fourth-order valence-electron chi connectivity index (χ4n) is 5.03. The molecule has 2 bridgehead atoms. The van der Waals surface area contributed by atoms with Crippen molar-refractivity contribution in [1.82, 2.24) is 19.7 Å². The Morgan fingerprint density at radius 2 is 1.83 bits per heavy atom. The largest absolute Gasteiger partial charge is 0.378 e. The molecule has 0 spiro atoms. The summed E-state index contributed by atoms with van der Waals surface area (Å²) >= 11 is 0. The number of benzene rings is 2. The van der Waals surface area contributed by atoms with Crippen LogP contribution in [-0.4, -0.2) is 64.1 Å². The molecule has 0 radical (unpaired) electrons. The normalized spacial score (nSPS) is 23.7. The van der Waals surface area contributed by atoms with Gasteiger partial charge < -0.3 is 15.0 Å². The molecule has 4 heterocycles. The maximum atomic E-state index is 5.41. The second-order valence-electron chi connectivity index (χ2n) is 8.61. The zero-order chi connectivity index (χ0) is 20.1. The van der Waals surface area contributed by atoms with Crippen molar-refractivity contribution in [2.75, 3.05) is 36.5 Å². The topological polar surface area (TPSA) is 58.5 Å². The molecule has 0 amide bonds. The van der Waals surface area contributed by atoms with E-state index < -0.39 is 0 Å². The van der Waals surface area contributed by atoms with E-state index in [9.17, 15) is 0 Å². The molecule has 7 heteroatoms. The number of para-hydroxylation sites is 1. The van der Waals surface area contributed by atoms with Gasteiger partial charge in [0.2, 0.25) is 5.95 Å². The average molecular weight is 403 g/mol. The van der Waals surface area contributed by atoms with Crippen LogP contribution >= 0.6 is 0 Å². The molecule has 3 saturated heterocycles. The van der Waals surface area contributed by atoms with Gasteiger partial charge in [0.1, 0.15) is 6.33 Å². The predicted molar refractivity (Wildman–Crippen MR) is 117 cm³/mol. The monoisotopic (exact) mass is 402 g/mol. The van der Waals surface area contributed by atoms with Crippen molar-refractivity contribution in [3.05, 3.63) is 60.4 Å². The minimum Gasteiger partial charge on any atom is -0.378 e. The van der Waals surface area contributed by atoms with Gasteiger partial charge in [-0.2, -0.15) is 4.98 Å². The lowest BCUT2D eigenvalue weighted by atomic mass is 10.1. The van der Waals surface area contributed by atoms with Crippen LogP contribution in [0, 0.1) is 6.92 Å². The van der Waals surface area contributed by atoms with Crippen molar-refractivity contribution >= 4 is 17.3 Å². The Bertz CT molecular complexity index is 1050. The Morgan fingerprint density at radius 3 is 2.57 bits per heavy atom. The molecule has 154 valence electrons. The highest BCUT2D eigenvalue weighted by molar-refractivity contribution is 5.65. The zero-order valence-electron chi connectivity index (χ0n) is 17.1. The van der Waals surface area contributed by atoms with Crippen LogP contribution in [0.15, 0.2) is 54.9 Å². The van der Waals surface area contributed by atoms with Crippen LogP contribution in [0.4, 0.5) is 17.3 Å². The average Bonchev–Trinajstić information content (AvgIpc) is 3.43. The summed E-state index contributed by atoms with van der Waals surface area (Å²) in [6, 6.07) is 18.6. The third kappa shape index (κ3) is 3.14.